The highest BCUT2D eigenvalue weighted by molar-refractivity contribution is 8.13. The third kappa shape index (κ3) is 3.82. The summed E-state index contributed by atoms with van der Waals surface area (Å²) in [6, 6.07) is 0.521. The van der Waals surface area contributed by atoms with E-state index in [9.17, 15) is 9.59 Å². The van der Waals surface area contributed by atoms with Gasteiger partial charge in [0.15, 0.2) is 0 Å². The fraction of sp³-hybridized carbons (Fsp3) is 0.800. The van der Waals surface area contributed by atoms with Gasteiger partial charge < -0.3 is 10.0 Å². The molecule has 1 atom stereocenters. The van der Waals surface area contributed by atoms with Crippen LogP contribution >= 0.6 is 11.8 Å². The number of carbonyl (C=O) groups excluding carboxylic acids is 1. The van der Waals surface area contributed by atoms with Gasteiger partial charge in [0.1, 0.15) is 6.04 Å². The summed E-state index contributed by atoms with van der Waals surface area (Å²) in [6.45, 7) is 7.43. The second kappa shape index (κ2) is 5.22. The molecule has 1 aliphatic heterocycles. The first-order valence-electron chi connectivity index (χ1n) is 5.47. The Morgan fingerprint density at radius 2 is 2.19 bits per heavy atom. The Kier molecular flexibility index (Phi) is 4.43. The molecule has 4 nitrogen and oxygen atoms in total. The first-order chi connectivity index (χ1) is 7.31. The Bertz CT molecular complexity index is 290. The largest absolute Gasteiger partial charge is 0.480 e. The van der Waals surface area contributed by atoms with Crippen molar-refractivity contribution in [2.75, 3.05) is 12.3 Å². The minimum Gasteiger partial charge on any atom is -0.480 e. The van der Waals surface area contributed by atoms with Crippen molar-refractivity contribution >= 4 is 31.0 Å². The van der Waals surface area contributed by atoms with Crippen LogP contribution in [0, 0.1) is 0 Å². The Morgan fingerprint density at radius 3 is 2.69 bits per heavy atom. The molecule has 0 saturated carbocycles. The molecule has 92 valence electrons. The van der Waals surface area contributed by atoms with Gasteiger partial charge >= 0.3 is 5.97 Å². The van der Waals surface area contributed by atoms with E-state index in [4.69, 9.17) is 5.11 Å². The SMILES string of the molecule is C[Si](C)(C)CCCN1C(=O)SC[C@H]1C(=O)O. The van der Waals surface area contributed by atoms with Gasteiger partial charge in [0.05, 0.1) is 0 Å². The zero-order valence-electron chi connectivity index (χ0n) is 10.0. The minimum absolute atomic E-state index is 0.0806. The standard InChI is InChI=1S/C10H19NO3SSi/c1-16(2,3)6-4-5-11-8(9(12)13)7-15-10(11)14/h8H,4-7H2,1-3H3,(H,12,13)/t8-/m0/s1. The number of aliphatic carboxylic acids is 1. The molecule has 1 heterocycles. The van der Waals surface area contributed by atoms with Gasteiger partial charge in [-0.2, -0.15) is 0 Å². The lowest BCUT2D eigenvalue weighted by Crippen LogP contribution is -2.40. The predicted molar refractivity (Wildman–Crippen MR) is 68.8 cm³/mol. The van der Waals surface area contributed by atoms with E-state index in [0.717, 1.165) is 24.2 Å². The van der Waals surface area contributed by atoms with Crippen LogP contribution in [0.2, 0.25) is 25.7 Å². The first-order valence-corrected chi connectivity index (χ1v) is 10.2. The monoisotopic (exact) mass is 261 g/mol. The molecule has 16 heavy (non-hydrogen) atoms. The molecule has 1 N–H and O–H groups in total. The Balaban J connectivity index is 2.45. The maximum Gasteiger partial charge on any atom is 0.327 e. The molecule has 0 aliphatic carbocycles. The zero-order chi connectivity index (χ0) is 12.3. The van der Waals surface area contributed by atoms with Crippen LogP contribution in [0.1, 0.15) is 6.42 Å². The number of hydrogen-bond donors (Lipinski definition) is 1. The Hall–Kier alpha value is -0.493. The third-order valence-electron chi connectivity index (χ3n) is 2.59. The van der Waals surface area contributed by atoms with Crippen molar-refractivity contribution in [1.29, 1.82) is 0 Å². The lowest BCUT2D eigenvalue weighted by Gasteiger charge is -2.22. The van der Waals surface area contributed by atoms with Crippen molar-refractivity contribution < 1.29 is 14.7 Å². The molecule has 1 saturated heterocycles. The van der Waals surface area contributed by atoms with Crippen molar-refractivity contribution in [1.82, 2.24) is 4.90 Å². The smallest absolute Gasteiger partial charge is 0.327 e. The summed E-state index contributed by atoms with van der Waals surface area (Å²) in [6.07, 6.45) is 0.922. The van der Waals surface area contributed by atoms with E-state index in [-0.39, 0.29) is 5.24 Å². The highest BCUT2D eigenvalue weighted by atomic mass is 32.2. The molecule has 1 fully saturated rings. The van der Waals surface area contributed by atoms with Gasteiger partial charge in [0.25, 0.3) is 5.24 Å². The first kappa shape index (κ1) is 13.6. The average Bonchev–Trinajstić information content (AvgIpc) is 2.46. The van der Waals surface area contributed by atoms with Crippen LogP contribution < -0.4 is 0 Å². The number of carboxylic acid groups (broad SMARTS) is 1. The molecule has 1 aliphatic rings. The molecule has 0 aromatic heterocycles. The second-order valence-electron chi connectivity index (χ2n) is 5.29. The van der Waals surface area contributed by atoms with Gasteiger partial charge in [-0.1, -0.05) is 37.4 Å². The van der Waals surface area contributed by atoms with E-state index >= 15 is 0 Å². The fourth-order valence-corrected chi connectivity index (χ4v) is 3.91. The minimum atomic E-state index is -1.09. The molecule has 0 bridgehead atoms. The maximum absolute atomic E-state index is 11.5. The number of carbonyl (C=O) groups is 2. The number of thioether (sulfide) groups is 1. The summed E-state index contributed by atoms with van der Waals surface area (Å²) < 4.78 is 0. The number of nitrogens with zero attached hydrogens (tertiary/aromatic N) is 1. The van der Waals surface area contributed by atoms with E-state index in [1.165, 1.54) is 4.90 Å². The van der Waals surface area contributed by atoms with Gasteiger partial charge in [-0.25, -0.2) is 4.79 Å². The van der Waals surface area contributed by atoms with Crippen molar-refractivity contribution in [2.45, 2.75) is 38.1 Å². The summed E-state index contributed by atoms with van der Waals surface area (Å²) in [7, 11) is -1.09. The van der Waals surface area contributed by atoms with Crippen LogP contribution in [-0.2, 0) is 4.79 Å². The zero-order valence-corrected chi connectivity index (χ0v) is 11.8. The van der Waals surface area contributed by atoms with Crippen molar-refractivity contribution in [3.05, 3.63) is 0 Å². The second-order valence-corrected chi connectivity index (χ2v) is 11.9. The molecule has 0 aromatic rings. The quantitative estimate of drug-likeness (QED) is 0.772. The molecule has 1 amide bonds. The van der Waals surface area contributed by atoms with E-state index in [0.29, 0.717) is 12.3 Å². The van der Waals surface area contributed by atoms with Gasteiger partial charge in [-0.05, 0) is 6.42 Å². The topological polar surface area (TPSA) is 57.6 Å². The van der Waals surface area contributed by atoms with Crippen LogP contribution in [0.5, 0.6) is 0 Å². The summed E-state index contributed by atoms with van der Waals surface area (Å²) in [5, 5.41) is 8.88. The number of rotatable bonds is 5. The van der Waals surface area contributed by atoms with Crippen LogP contribution in [0.4, 0.5) is 4.79 Å². The number of carboxylic acids is 1. The van der Waals surface area contributed by atoms with E-state index in [2.05, 4.69) is 19.6 Å². The lowest BCUT2D eigenvalue weighted by atomic mass is 10.3. The molecule has 0 aromatic carbocycles. The lowest BCUT2D eigenvalue weighted by molar-refractivity contribution is -0.141. The van der Waals surface area contributed by atoms with E-state index < -0.39 is 20.1 Å². The average molecular weight is 261 g/mol. The highest BCUT2D eigenvalue weighted by Crippen LogP contribution is 2.25. The summed E-state index contributed by atoms with van der Waals surface area (Å²) >= 11 is 1.12. The van der Waals surface area contributed by atoms with Gasteiger partial charge in [0.2, 0.25) is 0 Å². The molecule has 1 rings (SSSR count). The Morgan fingerprint density at radius 1 is 1.56 bits per heavy atom. The Labute approximate surface area is 101 Å². The number of hydrogen-bond acceptors (Lipinski definition) is 3. The molecule has 0 unspecified atom stereocenters. The molecule has 6 heteroatoms. The van der Waals surface area contributed by atoms with Crippen LogP contribution in [0.15, 0.2) is 0 Å². The summed E-state index contributed by atoms with van der Waals surface area (Å²) in [4.78, 5) is 23.9. The van der Waals surface area contributed by atoms with Crippen molar-refractivity contribution in [3.63, 3.8) is 0 Å². The molecular formula is C10H19NO3SSi. The van der Waals surface area contributed by atoms with Crippen molar-refractivity contribution in [3.8, 4) is 0 Å². The third-order valence-corrected chi connectivity index (χ3v) is 5.40. The molecule has 0 radical (unpaired) electrons. The van der Waals surface area contributed by atoms with Crippen molar-refractivity contribution in [2.24, 2.45) is 0 Å². The van der Waals surface area contributed by atoms with Crippen LogP contribution in [-0.4, -0.2) is 47.6 Å². The number of amides is 1. The van der Waals surface area contributed by atoms with Gasteiger partial charge in [-0.3, -0.25) is 4.79 Å². The van der Waals surface area contributed by atoms with Crippen LogP contribution in [0.25, 0.3) is 0 Å². The summed E-state index contributed by atoms with van der Waals surface area (Å²) in [5.74, 6) is -0.493. The van der Waals surface area contributed by atoms with Gasteiger partial charge in [-0.15, -0.1) is 0 Å². The normalized spacial score (nSPS) is 21.6. The molecule has 0 spiro atoms. The fourth-order valence-electron chi connectivity index (χ4n) is 1.68. The maximum atomic E-state index is 11.5. The predicted octanol–water partition coefficient (Wildman–Crippen LogP) is 2.34. The van der Waals surface area contributed by atoms with Gasteiger partial charge in [0, 0.05) is 20.4 Å². The van der Waals surface area contributed by atoms with Crippen LogP contribution in [0.3, 0.4) is 0 Å². The summed E-state index contributed by atoms with van der Waals surface area (Å²) in [5.41, 5.74) is 0. The highest BCUT2D eigenvalue weighted by Gasteiger charge is 2.36. The molecular weight excluding hydrogens is 242 g/mol. The van der Waals surface area contributed by atoms with E-state index in [1.807, 2.05) is 0 Å². The van der Waals surface area contributed by atoms with E-state index in [1.54, 1.807) is 0 Å².